The van der Waals surface area contributed by atoms with Gasteiger partial charge in [-0.25, -0.2) is 0 Å². The topological polar surface area (TPSA) is 122 Å². The van der Waals surface area contributed by atoms with Gasteiger partial charge in [-0.05, 0) is 50.6 Å². The Bertz CT molecular complexity index is 1660. The first-order chi connectivity index (χ1) is 18.2. The zero-order valence-corrected chi connectivity index (χ0v) is 22.3. The Morgan fingerprint density at radius 1 is 1.16 bits per heavy atom. The maximum atomic E-state index is 13.3. The van der Waals surface area contributed by atoms with Crippen molar-refractivity contribution in [3.05, 3.63) is 91.8 Å². The molecule has 0 radical (unpaired) electrons. The van der Waals surface area contributed by atoms with Crippen LogP contribution in [0.5, 0.6) is 0 Å². The van der Waals surface area contributed by atoms with Crippen molar-refractivity contribution in [1.82, 2.24) is 20.1 Å². The molecule has 2 aromatic heterocycles. The fourth-order valence-corrected chi connectivity index (χ4v) is 6.21. The van der Waals surface area contributed by atoms with Gasteiger partial charge in [0.1, 0.15) is 16.9 Å². The average Bonchev–Trinajstić information content (AvgIpc) is 3.46. The molecule has 192 valence electrons. The highest BCUT2D eigenvalue weighted by molar-refractivity contribution is 7.15. The first-order valence-electron chi connectivity index (χ1n) is 12.0. The lowest BCUT2D eigenvalue weighted by Gasteiger charge is -2.13. The Labute approximate surface area is 227 Å². The van der Waals surface area contributed by atoms with Crippen molar-refractivity contribution in [2.75, 3.05) is 5.32 Å². The predicted octanol–water partition coefficient (Wildman–Crippen LogP) is 4.56. The van der Waals surface area contributed by atoms with Crippen LogP contribution in [-0.2, 0) is 4.79 Å². The fraction of sp³-hybridized carbons (Fsp3) is 0.222. The molecule has 1 unspecified atom stereocenters. The fourth-order valence-electron chi connectivity index (χ4n) is 4.87. The summed E-state index contributed by atoms with van der Waals surface area (Å²) in [6.07, 6.45) is -1.04. The van der Waals surface area contributed by atoms with Crippen molar-refractivity contribution in [2.45, 2.75) is 39.5 Å². The number of hydrogen-bond acceptors (Lipinski definition) is 7. The van der Waals surface area contributed by atoms with Gasteiger partial charge < -0.3 is 15.7 Å². The Balaban J connectivity index is 1.40. The Morgan fingerprint density at radius 3 is 2.68 bits per heavy atom. The van der Waals surface area contributed by atoms with Crippen LogP contribution in [0.1, 0.15) is 67.8 Å². The second kappa shape index (κ2) is 9.16. The highest BCUT2D eigenvalue weighted by Crippen LogP contribution is 2.39. The van der Waals surface area contributed by atoms with E-state index >= 15 is 0 Å². The molecule has 6 rings (SSSR count). The molecular weight excluding hydrogens is 524 g/mol. The van der Waals surface area contributed by atoms with E-state index in [1.54, 1.807) is 29.5 Å². The molecule has 0 saturated carbocycles. The molecule has 4 aromatic rings. The molecule has 0 aliphatic carbocycles. The normalized spacial score (nSPS) is 17.7. The number of nitrogens with zero attached hydrogens (tertiary/aromatic N) is 4. The number of rotatable bonds is 4. The Kier molecular flexibility index (Phi) is 5.90. The molecule has 0 saturated heterocycles. The van der Waals surface area contributed by atoms with E-state index in [-0.39, 0.29) is 18.2 Å². The van der Waals surface area contributed by atoms with Crippen molar-refractivity contribution in [2.24, 2.45) is 4.99 Å². The van der Waals surface area contributed by atoms with Gasteiger partial charge in [0.25, 0.3) is 5.91 Å². The third kappa shape index (κ3) is 4.01. The van der Waals surface area contributed by atoms with E-state index < -0.39 is 12.3 Å². The summed E-state index contributed by atoms with van der Waals surface area (Å²) in [7, 11) is 0. The van der Waals surface area contributed by atoms with Crippen molar-refractivity contribution in [3.63, 3.8) is 0 Å². The van der Waals surface area contributed by atoms with Gasteiger partial charge in [0, 0.05) is 37.8 Å². The highest BCUT2D eigenvalue weighted by atomic mass is 35.5. The summed E-state index contributed by atoms with van der Waals surface area (Å²) in [6.45, 7) is 6.04. The number of aliphatic imine (C=N–C) groups is 1. The van der Waals surface area contributed by atoms with E-state index in [4.69, 9.17) is 16.6 Å². The quantitative estimate of drug-likeness (QED) is 0.346. The third-order valence-corrected chi connectivity index (χ3v) is 8.32. The van der Waals surface area contributed by atoms with E-state index in [9.17, 15) is 14.7 Å². The summed E-state index contributed by atoms with van der Waals surface area (Å²) >= 11 is 7.82. The van der Waals surface area contributed by atoms with E-state index in [2.05, 4.69) is 34.7 Å². The number of halogens is 1. The number of aliphatic hydroxyl groups excluding tert-OH is 1. The summed E-state index contributed by atoms with van der Waals surface area (Å²) in [5.74, 6) is 0.618. The number of thiophene rings is 1. The van der Waals surface area contributed by atoms with Crippen LogP contribution >= 0.6 is 22.9 Å². The molecule has 2 aliphatic rings. The first kappa shape index (κ1) is 24.5. The minimum absolute atomic E-state index is 0.00804. The molecule has 2 atom stereocenters. The maximum Gasteiger partial charge on any atom is 0.254 e. The summed E-state index contributed by atoms with van der Waals surface area (Å²) in [4.78, 5) is 31.7. The molecule has 2 aromatic carbocycles. The monoisotopic (exact) mass is 546 g/mol. The van der Waals surface area contributed by atoms with Gasteiger partial charge in [-0.1, -0.05) is 29.8 Å². The molecule has 38 heavy (non-hydrogen) atoms. The molecule has 2 amide bonds. The summed E-state index contributed by atoms with van der Waals surface area (Å²) in [5, 5.41) is 25.6. The molecule has 3 N–H and O–H groups in total. The molecule has 0 spiro atoms. The van der Waals surface area contributed by atoms with Crippen molar-refractivity contribution >= 4 is 46.2 Å². The molecule has 0 bridgehead atoms. The van der Waals surface area contributed by atoms with Gasteiger partial charge in [0.2, 0.25) is 5.91 Å². The van der Waals surface area contributed by atoms with E-state index in [1.807, 2.05) is 35.8 Å². The van der Waals surface area contributed by atoms with Crippen LogP contribution in [0.2, 0.25) is 5.02 Å². The summed E-state index contributed by atoms with van der Waals surface area (Å²) < 4.78 is 1.99. The summed E-state index contributed by atoms with van der Waals surface area (Å²) in [5.41, 5.74) is 5.03. The lowest BCUT2D eigenvalue weighted by Crippen LogP contribution is -2.18. The zero-order valence-electron chi connectivity index (χ0n) is 20.7. The van der Waals surface area contributed by atoms with Crippen LogP contribution in [0.3, 0.4) is 0 Å². The minimum atomic E-state index is -1.04. The predicted molar refractivity (Wildman–Crippen MR) is 145 cm³/mol. The number of hydrogen-bond donors (Lipinski definition) is 3. The highest BCUT2D eigenvalue weighted by Gasteiger charge is 2.33. The number of aryl methyl sites for hydroxylation is 2. The number of amides is 2. The van der Waals surface area contributed by atoms with Crippen LogP contribution in [0.4, 0.5) is 5.69 Å². The molecule has 4 heterocycles. The van der Waals surface area contributed by atoms with E-state index in [0.29, 0.717) is 33.5 Å². The summed E-state index contributed by atoms with van der Waals surface area (Å²) in [6, 6.07) is 11.7. The van der Waals surface area contributed by atoms with Crippen LogP contribution in [0, 0.1) is 20.8 Å². The number of anilines is 1. The standard InChI is InChI=1S/C27H23ClN6O3S/c1-12-13(2)38-27-22(12)23(15-4-6-16(28)7-5-15)30-20(24-33-32-14(3)34(24)27)11-21(35)29-17-8-9-18-19(10-17)26(37)31-25(18)36/h4-10,20,25,36H,11H2,1-3H3,(H,29,35)(H,31,37)/t20-,25?/m0/s1. The molecule has 2 aliphatic heterocycles. The molecule has 9 nitrogen and oxygen atoms in total. The number of aromatic nitrogens is 3. The SMILES string of the molecule is Cc1sc2c(c1C)C(c1ccc(Cl)cc1)=N[C@@H](CC(=O)Nc1ccc3c(c1)C(=O)NC3O)c1nnc(C)n1-2. The van der Waals surface area contributed by atoms with E-state index in [0.717, 1.165) is 32.3 Å². The Morgan fingerprint density at radius 2 is 1.92 bits per heavy atom. The van der Waals surface area contributed by atoms with Crippen LogP contribution in [0.15, 0.2) is 47.5 Å². The van der Waals surface area contributed by atoms with Crippen molar-refractivity contribution in [3.8, 4) is 5.00 Å². The lowest BCUT2D eigenvalue weighted by atomic mass is 9.99. The largest absolute Gasteiger partial charge is 0.369 e. The van der Waals surface area contributed by atoms with Gasteiger partial charge in [-0.2, -0.15) is 0 Å². The van der Waals surface area contributed by atoms with Gasteiger partial charge in [0.15, 0.2) is 12.1 Å². The van der Waals surface area contributed by atoms with Crippen LogP contribution < -0.4 is 10.6 Å². The van der Waals surface area contributed by atoms with Crippen LogP contribution in [0.25, 0.3) is 5.00 Å². The third-order valence-electron chi connectivity index (χ3n) is 6.88. The first-order valence-corrected chi connectivity index (χ1v) is 13.2. The molecule has 0 fully saturated rings. The number of carbonyl (C=O) groups excluding carboxylic acids is 2. The number of benzene rings is 2. The van der Waals surface area contributed by atoms with Gasteiger partial charge in [0.05, 0.1) is 12.1 Å². The number of aliphatic hydroxyl groups is 1. The molecular formula is C27H23ClN6O3S. The second-order valence-electron chi connectivity index (χ2n) is 9.33. The van der Waals surface area contributed by atoms with Gasteiger partial charge in [-0.15, -0.1) is 21.5 Å². The number of fused-ring (bicyclic) bond motifs is 4. The van der Waals surface area contributed by atoms with Crippen LogP contribution in [-0.4, -0.2) is 37.4 Å². The number of carbonyl (C=O) groups is 2. The molecule has 11 heteroatoms. The van der Waals surface area contributed by atoms with Gasteiger partial charge in [-0.3, -0.25) is 19.1 Å². The lowest BCUT2D eigenvalue weighted by molar-refractivity contribution is -0.116. The average molecular weight is 547 g/mol. The zero-order chi connectivity index (χ0) is 26.7. The van der Waals surface area contributed by atoms with Crippen molar-refractivity contribution < 1.29 is 14.7 Å². The van der Waals surface area contributed by atoms with Crippen molar-refractivity contribution in [1.29, 1.82) is 0 Å². The van der Waals surface area contributed by atoms with Gasteiger partial charge >= 0.3 is 0 Å². The smallest absolute Gasteiger partial charge is 0.254 e. The maximum absolute atomic E-state index is 13.3. The number of nitrogens with one attached hydrogen (secondary N) is 2. The van der Waals surface area contributed by atoms with E-state index in [1.165, 1.54) is 0 Å². The second-order valence-corrected chi connectivity index (χ2v) is 11.0. The Hall–Kier alpha value is -3.86. The minimum Gasteiger partial charge on any atom is -0.369 e.